The molecule has 4 aliphatic rings. The fourth-order valence-corrected chi connectivity index (χ4v) is 10.7. The highest BCUT2D eigenvalue weighted by Gasteiger charge is 2.65. The summed E-state index contributed by atoms with van der Waals surface area (Å²) < 4.78 is 0. The number of aliphatic hydroxyl groups excluding tert-OH is 3. The van der Waals surface area contributed by atoms with E-state index in [0.717, 1.165) is 62.5 Å². The van der Waals surface area contributed by atoms with E-state index in [9.17, 15) is 20.4 Å². The summed E-state index contributed by atoms with van der Waals surface area (Å²) in [6.45, 7) is 7.04. The smallest absolute Gasteiger partial charge is 0.115 e. The lowest BCUT2D eigenvalue weighted by molar-refractivity contribution is -0.207. The van der Waals surface area contributed by atoms with Gasteiger partial charge in [0.2, 0.25) is 0 Å². The average molecular weight is 547 g/mol. The molecule has 6 rings (SSSR count). The van der Waals surface area contributed by atoms with Crippen molar-refractivity contribution in [1.82, 2.24) is 0 Å². The van der Waals surface area contributed by atoms with Crippen LogP contribution in [0.1, 0.15) is 89.7 Å². The summed E-state index contributed by atoms with van der Waals surface area (Å²) in [5.41, 5.74) is 0.666. The van der Waals surface area contributed by atoms with Gasteiger partial charge in [-0.05, 0) is 115 Å². The molecular weight excluding hydrogens is 496 g/mol. The Balaban J connectivity index is 1.24. The minimum Gasteiger partial charge on any atom is -0.393 e. The molecule has 2 aromatic rings. The Morgan fingerprint density at radius 3 is 2.08 bits per heavy atom. The summed E-state index contributed by atoms with van der Waals surface area (Å²) in [4.78, 5) is 0. The molecule has 0 amide bonds. The SMILES string of the molecule is C[C@@H](CCC(O)(c1ccccc1)c1ccccc1)[C@H]1CC[C@@H]2[C@H]3[C@H](O)C[C@@H]4C[C@H](O)CC[C@]4(C)[C@@H]3C[C@H](O)[C@@]21C. The summed E-state index contributed by atoms with van der Waals surface area (Å²) in [5.74, 6) is 1.90. The first-order valence-corrected chi connectivity index (χ1v) is 16.0. The number of benzene rings is 2. The van der Waals surface area contributed by atoms with Gasteiger partial charge in [-0.1, -0.05) is 81.4 Å². The van der Waals surface area contributed by atoms with E-state index in [4.69, 9.17) is 0 Å². The molecule has 2 aromatic carbocycles. The molecule has 4 nitrogen and oxygen atoms in total. The molecule has 4 heteroatoms. The topological polar surface area (TPSA) is 80.9 Å². The van der Waals surface area contributed by atoms with Gasteiger partial charge in [-0.25, -0.2) is 0 Å². The maximum absolute atomic E-state index is 12.1. The average Bonchev–Trinajstić information content (AvgIpc) is 3.32. The Labute approximate surface area is 240 Å². The van der Waals surface area contributed by atoms with E-state index >= 15 is 0 Å². The number of hydrogen-bond donors (Lipinski definition) is 4. The van der Waals surface area contributed by atoms with Gasteiger partial charge in [0, 0.05) is 0 Å². The van der Waals surface area contributed by atoms with Crippen LogP contribution in [-0.4, -0.2) is 38.7 Å². The van der Waals surface area contributed by atoms with E-state index in [-0.39, 0.29) is 35.1 Å². The molecule has 0 aliphatic heterocycles. The van der Waals surface area contributed by atoms with E-state index in [0.29, 0.717) is 36.0 Å². The molecule has 4 saturated carbocycles. The third kappa shape index (κ3) is 4.40. The number of rotatable bonds is 6. The zero-order valence-electron chi connectivity index (χ0n) is 24.6. The summed E-state index contributed by atoms with van der Waals surface area (Å²) in [6.07, 6.45) is 6.85. The largest absolute Gasteiger partial charge is 0.393 e. The first-order chi connectivity index (χ1) is 19.1. The zero-order chi connectivity index (χ0) is 28.3. The van der Waals surface area contributed by atoms with E-state index in [1.165, 1.54) is 0 Å². The van der Waals surface area contributed by atoms with Crippen LogP contribution in [0.4, 0.5) is 0 Å². The van der Waals surface area contributed by atoms with Crippen LogP contribution < -0.4 is 0 Å². The van der Waals surface area contributed by atoms with Crippen molar-refractivity contribution in [2.45, 2.75) is 102 Å². The molecule has 0 heterocycles. The highest BCUT2D eigenvalue weighted by molar-refractivity contribution is 5.35. The van der Waals surface area contributed by atoms with E-state index in [1.54, 1.807) is 0 Å². The summed E-state index contributed by atoms with van der Waals surface area (Å²) in [6, 6.07) is 20.1. The van der Waals surface area contributed by atoms with Crippen LogP contribution in [0.3, 0.4) is 0 Å². The Bertz CT molecular complexity index is 1110. The second-order valence-electron chi connectivity index (χ2n) is 14.6. The molecule has 11 atom stereocenters. The molecule has 218 valence electrons. The van der Waals surface area contributed by atoms with Gasteiger partial charge in [0.15, 0.2) is 0 Å². The Hall–Kier alpha value is -1.72. The van der Waals surface area contributed by atoms with Crippen LogP contribution in [0.25, 0.3) is 0 Å². The number of fused-ring (bicyclic) bond motifs is 5. The van der Waals surface area contributed by atoms with Gasteiger partial charge >= 0.3 is 0 Å². The van der Waals surface area contributed by atoms with E-state index in [1.807, 2.05) is 60.7 Å². The minimum atomic E-state index is -1.05. The third-order valence-corrected chi connectivity index (χ3v) is 13.0. The van der Waals surface area contributed by atoms with Crippen molar-refractivity contribution < 1.29 is 20.4 Å². The van der Waals surface area contributed by atoms with Crippen molar-refractivity contribution in [3.63, 3.8) is 0 Å². The fraction of sp³-hybridized carbons (Fsp3) is 0.667. The van der Waals surface area contributed by atoms with Crippen molar-refractivity contribution in [1.29, 1.82) is 0 Å². The molecule has 40 heavy (non-hydrogen) atoms. The quantitative estimate of drug-likeness (QED) is 0.343. The van der Waals surface area contributed by atoms with Gasteiger partial charge in [0.25, 0.3) is 0 Å². The normalized spacial score (nSPS) is 42.0. The third-order valence-electron chi connectivity index (χ3n) is 13.0. The van der Waals surface area contributed by atoms with Gasteiger partial charge in [0.05, 0.1) is 18.3 Å². The molecule has 4 fully saturated rings. The molecule has 0 aromatic heterocycles. The molecule has 0 radical (unpaired) electrons. The predicted octanol–water partition coefficient (Wildman–Crippen LogP) is 6.30. The molecule has 0 saturated heterocycles. The summed E-state index contributed by atoms with van der Waals surface area (Å²) in [7, 11) is 0. The molecule has 0 bridgehead atoms. The second-order valence-corrected chi connectivity index (χ2v) is 14.6. The molecule has 0 spiro atoms. The van der Waals surface area contributed by atoms with Crippen molar-refractivity contribution in [2.24, 2.45) is 46.3 Å². The monoisotopic (exact) mass is 546 g/mol. The highest BCUT2D eigenvalue weighted by atomic mass is 16.3. The maximum Gasteiger partial charge on any atom is 0.115 e. The highest BCUT2D eigenvalue weighted by Crippen LogP contribution is 2.68. The first kappa shape index (κ1) is 28.4. The number of hydrogen-bond acceptors (Lipinski definition) is 4. The molecule has 4 aliphatic carbocycles. The van der Waals surface area contributed by atoms with Gasteiger partial charge in [-0.3, -0.25) is 0 Å². The molecular formula is C36H50O4. The van der Waals surface area contributed by atoms with Crippen molar-refractivity contribution in [3.8, 4) is 0 Å². The minimum absolute atomic E-state index is 0.0942. The molecule has 0 unspecified atom stereocenters. The lowest BCUT2D eigenvalue weighted by atomic mass is 9.43. The first-order valence-electron chi connectivity index (χ1n) is 16.0. The fourth-order valence-electron chi connectivity index (χ4n) is 10.7. The lowest BCUT2D eigenvalue weighted by Gasteiger charge is -2.63. The van der Waals surface area contributed by atoms with Gasteiger partial charge in [0.1, 0.15) is 5.60 Å². The van der Waals surface area contributed by atoms with Crippen molar-refractivity contribution in [3.05, 3.63) is 71.8 Å². The summed E-state index contributed by atoms with van der Waals surface area (Å²) in [5, 5.41) is 46.1. The van der Waals surface area contributed by atoms with Gasteiger partial charge in [-0.15, -0.1) is 0 Å². The van der Waals surface area contributed by atoms with Gasteiger partial charge < -0.3 is 20.4 Å². The van der Waals surface area contributed by atoms with Crippen molar-refractivity contribution in [2.75, 3.05) is 0 Å². The predicted molar refractivity (Wildman–Crippen MR) is 158 cm³/mol. The van der Waals surface area contributed by atoms with Crippen molar-refractivity contribution >= 4 is 0 Å². The Morgan fingerprint density at radius 1 is 0.825 bits per heavy atom. The second kappa shape index (κ2) is 10.5. The van der Waals surface area contributed by atoms with E-state index in [2.05, 4.69) is 20.8 Å². The van der Waals surface area contributed by atoms with Crippen LogP contribution in [0.15, 0.2) is 60.7 Å². The van der Waals surface area contributed by atoms with Gasteiger partial charge in [-0.2, -0.15) is 0 Å². The maximum atomic E-state index is 12.1. The van der Waals surface area contributed by atoms with Crippen LogP contribution in [0.2, 0.25) is 0 Å². The lowest BCUT2D eigenvalue weighted by Crippen LogP contribution is -2.62. The Morgan fingerprint density at radius 2 is 1.45 bits per heavy atom. The molecule has 4 N–H and O–H groups in total. The van der Waals surface area contributed by atoms with Crippen LogP contribution >= 0.6 is 0 Å². The van der Waals surface area contributed by atoms with Crippen LogP contribution in [0.5, 0.6) is 0 Å². The van der Waals surface area contributed by atoms with E-state index < -0.39 is 5.60 Å². The zero-order valence-corrected chi connectivity index (χ0v) is 24.6. The van der Waals surface area contributed by atoms with Crippen LogP contribution in [0, 0.1) is 46.3 Å². The van der Waals surface area contributed by atoms with Crippen LogP contribution in [-0.2, 0) is 5.60 Å². The Kier molecular flexibility index (Phi) is 7.47. The number of aliphatic hydroxyl groups is 4. The summed E-state index contributed by atoms with van der Waals surface area (Å²) >= 11 is 0. The standard InChI is InChI=1S/C36H50O4/c1-23(16-19-36(40,24-10-6-4-7-11-24)25-12-8-5-9-13-25)28-14-15-29-33-30(22-32(39)35(28,29)3)34(2)18-17-27(37)20-26(34)21-31(33)38/h4-13,23,26-33,37-40H,14-22H2,1-3H3/t23-,26-,27+,28+,29+,30+,31+,32-,33+,34-,35+/m0/s1.